The zero-order chi connectivity index (χ0) is 21.6. The van der Waals surface area contributed by atoms with Gasteiger partial charge >= 0.3 is 10.8 Å². The normalized spacial score (nSPS) is 35.3. The van der Waals surface area contributed by atoms with Gasteiger partial charge in [0.25, 0.3) is 0 Å². The van der Waals surface area contributed by atoms with Crippen LogP contribution in [0, 0.1) is 36.5 Å². The van der Waals surface area contributed by atoms with Gasteiger partial charge in [0.05, 0.1) is 16.9 Å². The minimum absolute atomic E-state index is 0.00113. The number of nitrogens with zero attached hydrogens (tertiary/aromatic N) is 1. The summed E-state index contributed by atoms with van der Waals surface area (Å²) < 4.78 is 0. The first kappa shape index (κ1) is 19.3. The summed E-state index contributed by atoms with van der Waals surface area (Å²) in [5, 5.41) is 10.2. The van der Waals surface area contributed by atoms with Crippen molar-refractivity contribution in [2.24, 2.45) is 29.6 Å². The summed E-state index contributed by atoms with van der Waals surface area (Å²) >= 11 is 2.88. The lowest BCUT2D eigenvalue weighted by atomic mass is 9.67. The van der Waals surface area contributed by atoms with Gasteiger partial charge in [-0.25, -0.2) is 0 Å². The number of hydrogen-bond acceptors (Lipinski definition) is 6. The van der Waals surface area contributed by atoms with Crippen LogP contribution in [0.2, 0.25) is 0 Å². The number of nitrogens with one attached hydrogen (secondary N) is 1. The molecule has 1 aromatic heterocycles. The smallest absolute Gasteiger partial charge is 0.323 e. The number of imide groups is 1. The topological polar surface area (TPSA) is 108 Å². The standard InChI is InChI=1S/C22H20N2O5S2/c1-8-4-2-3-5-9(8)13-14-10-6-11(17(14)30-19-18(13)31-22(29)23-19)16-15(10)20(27)24(21(16)28)7-12(25)26/h2-5,10-11,13-17H,6-7H2,1H3,(H,23,29)(H,25,26)/t10-,11+,13+,14+,15-,16-,17-/m1/s1. The predicted molar refractivity (Wildman–Crippen MR) is 114 cm³/mol. The Morgan fingerprint density at radius 1 is 1.16 bits per heavy atom. The van der Waals surface area contributed by atoms with Crippen molar-refractivity contribution in [3.8, 4) is 0 Å². The second-order valence-electron chi connectivity index (χ2n) is 8.97. The number of amides is 2. The number of aliphatic carboxylic acids is 1. The van der Waals surface area contributed by atoms with E-state index in [1.807, 2.05) is 12.1 Å². The van der Waals surface area contributed by atoms with Crippen molar-refractivity contribution in [3.63, 3.8) is 0 Å². The molecule has 7 nitrogen and oxygen atoms in total. The van der Waals surface area contributed by atoms with Gasteiger partial charge in [-0.1, -0.05) is 35.6 Å². The molecule has 2 bridgehead atoms. The van der Waals surface area contributed by atoms with Crippen LogP contribution in [0.4, 0.5) is 0 Å². The van der Waals surface area contributed by atoms with E-state index in [-0.39, 0.29) is 45.6 Å². The molecule has 2 N–H and O–H groups in total. The van der Waals surface area contributed by atoms with Crippen LogP contribution >= 0.6 is 23.1 Å². The third-order valence-electron chi connectivity index (χ3n) is 7.63. The third-order valence-corrected chi connectivity index (χ3v) is 10.2. The van der Waals surface area contributed by atoms with Gasteiger partial charge in [0.1, 0.15) is 6.54 Å². The quantitative estimate of drug-likeness (QED) is 0.687. The fourth-order valence-electron chi connectivity index (χ4n) is 6.65. The van der Waals surface area contributed by atoms with Crippen molar-refractivity contribution < 1.29 is 19.5 Å². The molecule has 6 rings (SSSR count). The van der Waals surface area contributed by atoms with Crippen molar-refractivity contribution in [1.82, 2.24) is 9.88 Å². The molecule has 160 valence electrons. The molecule has 2 aliphatic carbocycles. The average molecular weight is 457 g/mol. The number of rotatable bonds is 3. The van der Waals surface area contributed by atoms with Crippen LogP contribution in [0.3, 0.4) is 0 Å². The maximum atomic E-state index is 13.1. The van der Waals surface area contributed by atoms with Gasteiger partial charge in [-0.3, -0.25) is 24.1 Å². The largest absolute Gasteiger partial charge is 0.480 e. The summed E-state index contributed by atoms with van der Waals surface area (Å²) in [5.74, 6) is -2.54. The predicted octanol–water partition coefficient (Wildman–Crippen LogP) is 2.30. The van der Waals surface area contributed by atoms with E-state index >= 15 is 0 Å². The Bertz CT molecular complexity index is 1200. The molecule has 0 unspecified atom stereocenters. The molecular weight excluding hydrogens is 436 g/mol. The van der Waals surface area contributed by atoms with E-state index in [9.17, 15) is 24.3 Å². The van der Waals surface area contributed by atoms with Gasteiger partial charge in [0.15, 0.2) is 0 Å². The lowest BCUT2D eigenvalue weighted by Gasteiger charge is -2.43. The van der Waals surface area contributed by atoms with Crippen LogP contribution in [0.1, 0.15) is 28.3 Å². The number of H-pyrrole nitrogens is 1. The van der Waals surface area contributed by atoms with Crippen molar-refractivity contribution in [1.29, 1.82) is 0 Å². The summed E-state index contributed by atoms with van der Waals surface area (Å²) in [6.45, 7) is 1.50. The van der Waals surface area contributed by atoms with E-state index in [0.717, 1.165) is 32.4 Å². The molecule has 0 radical (unpaired) electrons. The van der Waals surface area contributed by atoms with Crippen LogP contribution in [0.25, 0.3) is 0 Å². The number of aromatic nitrogens is 1. The number of carboxylic acid groups (broad SMARTS) is 1. The molecule has 2 amide bonds. The van der Waals surface area contributed by atoms with Crippen LogP contribution < -0.4 is 4.87 Å². The maximum Gasteiger partial charge on any atom is 0.323 e. The van der Waals surface area contributed by atoms with Gasteiger partial charge in [0, 0.05) is 16.0 Å². The van der Waals surface area contributed by atoms with Crippen molar-refractivity contribution in [3.05, 3.63) is 49.9 Å². The number of carbonyl (C=O) groups excluding carboxylic acids is 2. The zero-order valence-corrected chi connectivity index (χ0v) is 18.2. The molecule has 4 aliphatic rings. The molecule has 2 aliphatic heterocycles. The number of carboxylic acids is 1. The van der Waals surface area contributed by atoms with Gasteiger partial charge in [0.2, 0.25) is 11.8 Å². The number of likely N-dealkylation sites (tertiary alicyclic amines) is 1. The van der Waals surface area contributed by atoms with Gasteiger partial charge < -0.3 is 10.1 Å². The molecule has 3 fully saturated rings. The summed E-state index contributed by atoms with van der Waals surface area (Å²) in [6.07, 6.45) is 0.803. The highest BCUT2D eigenvalue weighted by Gasteiger charge is 2.69. The lowest BCUT2D eigenvalue weighted by Crippen LogP contribution is -2.42. The summed E-state index contributed by atoms with van der Waals surface area (Å²) in [6, 6.07) is 8.16. The average Bonchev–Trinajstić information content (AvgIpc) is 3.44. The Morgan fingerprint density at radius 2 is 1.87 bits per heavy atom. The first-order chi connectivity index (χ1) is 14.9. The SMILES string of the molecule is Cc1ccccc1[C@@H]1c2sc(=O)[nH]c2S[C@@H]2[C@H]3C[C@@H]([C@H]4C(=O)N(CC(=O)O)C(=O)[C@H]34)[C@@H]12. The van der Waals surface area contributed by atoms with Crippen LogP contribution in [0.15, 0.2) is 34.1 Å². The Morgan fingerprint density at radius 3 is 2.58 bits per heavy atom. The molecule has 1 aromatic carbocycles. The zero-order valence-electron chi connectivity index (χ0n) is 16.6. The van der Waals surface area contributed by atoms with Crippen molar-refractivity contribution in [2.45, 2.75) is 29.5 Å². The van der Waals surface area contributed by atoms with Crippen LogP contribution in [0.5, 0.6) is 0 Å². The molecule has 2 saturated carbocycles. The van der Waals surface area contributed by atoms with Crippen molar-refractivity contribution in [2.75, 3.05) is 6.54 Å². The van der Waals surface area contributed by atoms with E-state index in [0.29, 0.717) is 0 Å². The molecule has 9 heteroatoms. The third kappa shape index (κ3) is 2.53. The van der Waals surface area contributed by atoms with E-state index in [1.54, 1.807) is 11.8 Å². The first-order valence-corrected chi connectivity index (χ1v) is 12.1. The minimum Gasteiger partial charge on any atom is -0.480 e. The highest BCUT2D eigenvalue weighted by atomic mass is 32.2. The molecule has 7 atom stereocenters. The van der Waals surface area contributed by atoms with Gasteiger partial charge in [-0.05, 0) is 42.2 Å². The van der Waals surface area contributed by atoms with Crippen LogP contribution in [-0.4, -0.2) is 44.6 Å². The van der Waals surface area contributed by atoms with E-state index in [2.05, 4.69) is 24.0 Å². The van der Waals surface area contributed by atoms with E-state index in [4.69, 9.17) is 0 Å². The fourth-order valence-corrected chi connectivity index (χ4v) is 9.53. The molecule has 31 heavy (non-hydrogen) atoms. The fraction of sp³-hybridized carbons (Fsp3) is 0.455. The summed E-state index contributed by atoms with van der Waals surface area (Å²) in [4.78, 5) is 54.5. The van der Waals surface area contributed by atoms with E-state index in [1.165, 1.54) is 11.3 Å². The number of fused-ring (bicyclic) bond motifs is 9. The minimum atomic E-state index is -1.17. The van der Waals surface area contributed by atoms with Gasteiger partial charge in [-0.15, -0.1) is 11.8 Å². The molecule has 2 aromatic rings. The molecule has 1 saturated heterocycles. The second-order valence-corrected chi connectivity index (χ2v) is 11.2. The van der Waals surface area contributed by atoms with Crippen LogP contribution in [-0.2, 0) is 14.4 Å². The van der Waals surface area contributed by atoms with Crippen molar-refractivity contribution >= 4 is 40.9 Å². The lowest BCUT2D eigenvalue weighted by molar-refractivity contribution is -0.149. The summed E-state index contributed by atoms with van der Waals surface area (Å²) in [7, 11) is 0. The van der Waals surface area contributed by atoms with Gasteiger partial charge in [-0.2, -0.15) is 0 Å². The number of aromatic amines is 1. The number of hydrogen-bond donors (Lipinski definition) is 2. The Balaban J connectivity index is 1.47. The molecule has 0 spiro atoms. The number of thioether (sulfide) groups is 1. The Kier molecular flexibility index (Phi) is 4.08. The summed E-state index contributed by atoms with van der Waals surface area (Å²) in [5.41, 5.74) is 2.31. The number of thiazole rings is 1. The highest BCUT2D eigenvalue weighted by molar-refractivity contribution is 8.00. The number of aryl methyl sites for hydroxylation is 1. The monoisotopic (exact) mass is 456 g/mol. The number of benzene rings is 1. The second kappa shape index (κ2) is 6.56. The number of carbonyl (C=O) groups is 3. The Labute approximate surface area is 185 Å². The van der Waals surface area contributed by atoms with E-state index < -0.39 is 24.3 Å². The maximum absolute atomic E-state index is 13.1. The molecular formula is C22H20N2O5S2. The first-order valence-electron chi connectivity index (χ1n) is 10.4. The Hall–Kier alpha value is -2.39. The highest BCUT2D eigenvalue weighted by Crippen LogP contribution is 2.68. The molecule has 3 heterocycles.